The maximum absolute atomic E-state index is 13.4. The van der Waals surface area contributed by atoms with Gasteiger partial charge in [-0.25, -0.2) is 17.5 Å². The zero-order valence-corrected chi connectivity index (χ0v) is 17.1. The largest absolute Gasteiger partial charge is 0.484 e. The van der Waals surface area contributed by atoms with Crippen LogP contribution in [0.1, 0.15) is 18.4 Å². The zero-order chi connectivity index (χ0) is 20.9. The Morgan fingerprint density at radius 3 is 2.52 bits per heavy atom. The fraction of sp³-hybridized carbons (Fsp3) is 0.381. The van der Waals surface area contributed by atoms with Gasteiger partial charge in [-0.2, -0.15) is 0 Å². The Balaban J connectivity index is 1.44. The maximum Gasteiger partial charge on any atom is 0.260 e. The number of piperidine rings is 1. The summed E-state index contributed by atoms with van der Waals surface area (Å²) in [6, 6.07) is 12.9. The van der Waals surface area contributed by atoms with Crippen LogP contribution in [-0.2, 0) is 14.8 Å². The molecule has 1 saturated heterocycles. The van der Waals surface area contributed by atoms with Gasteiger partial charge in [0, 0.05) is 19.6 Å². The Hall–Kier alpha value is -2.45. The molecule has 0 atom stereocenters. The van der Waals surface area contributed by atoms with Gasteiger partial charge in [-0.3, -0.25) is 4.79 Å². The van der Waals surface area contributed by atoms with Gasteiger partial charge in [-0.1, -0.05) is 18.2 Å². The van der Waals surface area contributed by atoms with Crippen LogP contribution >= 0.6 is 0 Å². The summed E-state index contributed by atoms with van der Waals surface area (Å²) in [6.45, 7) is 2.95. The number of carbonyl (C=O) groups excluding carboxylic acids is 1. The Labute approximate surface area is 170 Å². The second-order valence-corrected chi connectivity index (χ2v) is 8.96. The molecule has 0 unspecified atom stereocenters. The number of ether oxygens (including phenoxy) is 1. The average molecular weight is 421 g/mol. The minimum Gasteiger partial charge on any atom is -0.484 e. The molecule has 1 amide bonds. The molecule has 0 aliphatic carbocycles. The Morgan fingerprint density at radius 2 is 1.86 bits per heavy atom. The highest BCUT2D eigenvalue weighted by Crippen LogP contribution is 2.19. The molecule has 3 rings (SSSR count). The van der Waals surface area contributed by atoms with Crippen molar-refractivity contribution in [3.05, 3.63) is 59.9 Å². The molecule has 2 aromatic rings. The minimum atomic E-state index is -3.69. The summed E-state index contributed by atoms with van der Waals surface area (Å²) in [7, 11) is -3.69. The van der Waals surface area contributed by atoms with Gasteiger partial charge in [-0.05, 0) is 61.6 Å². The van der Waals surface area contributed by atoms with Crippen molar-refractivity contribution in [2.45, 2.75) is 24.7 Å². The van der Waals surface area contributed by atoms with Crippen molar-refractivity contribution in [3.8, 4) is 5.75 Å². The molecule has 156 valence electrons. The van der Waals surface area contributed by atoms with E-state index in [2.05, 4.69) is 4.72 Å². The van der Waals surface area contributed by atoms with Gasteiger partial charge < -0.3 is 9.64 Å². The third-order valence-electron chi connectivity index (χ3n) is 5.07. The number of carbonyl (C=O) groups is 1. The minimum absolute atomic E-state index is 0.00870. The van der Waals surface area contributed by atoms with Crippen LogP contribution in [0, 0.1) is 18.7 Å². The first kappa shape index (κ1) is 21.3. The lowest BCUT2D eigenvalue weighted by Gasteiger charge is -2.32. The third-order valence-corrected chi connectivity index (χ3v) is 6.50. The van der Waals surface area contributed by atoms with Crippen LogP contribution in [0.5, 0.6) is 5.75 Å². The van der Waals surface area contributed by atoms with Gasteiger partial charge in [0.05, 0.1) is 4.90 Å². The maximum atomic E-state index is 13.4. The number of para-hydroxylation sites is 1. The van der Waals surface area contributed by atoms with E-state index < -0.39 is 15.8 Å². The summed E-state index contributed by atoms with van der Waals surface area (Å²) >= 11 is 0. The van der Waals surface area contributed by atoms with Crippen molar-refractivity contribution in [3.63, 3.8) is 0 Å². The van der Waals surface area contributed by atoms with E-state index in [4.69, 9.17) is 4.74 Å². The normalized spacial score (nSPS) is 15.3. The van der Waals surface area contributed by atoms with Crippen LogP contribution in [0.15, 0.2) is 53.4 Å². The van der Waals surface area contributed by atoms with Gasteiger partial charge in [0.25, 0.3) is 5.91 Å². The number of benzene rings is 2. The van der Waals surface area contributed by atoms with Crippen molar-refractivity contribution >= 4 is 15.9 Å². The molecule has 0 aromatic heterocycles. The molecule has 0 radical (unpaired) electrons. The second kappa shape index (κ2) is 9.37. The molecular formula is C21H25FN2O4S. The summed E-state index contributed by atoms with van der Waals surface area (Å²) in [6.07, 6.45) is 1.42. The number of sulfonamides is 1. The van der Waals surface area contributed by atoms with Crippen molar-refractivity contribution in [2.24, 2.45) is 5.92 Å². The second-order valence-electron chi connectivity index (χ2n) is 7.19. The molecule has 1 aliphatic rings. The summed E-state index contributed by atoms with van der Waals surface area (Å²) in [5.41, 5.74) is 0.289. The Bertz CT molecular complexity index is 942. The first-order valence-electron chi connectivity index (χ1n) is 9.56. The van der Waals surface area contributed by atoms with Crippen LogP contribution in [0.3, 0.4) is 0 Å². The van der Waals surface area contributed by atoms with Crippen LogP contribution in [0.25, 0.3) is 0 Å². The van der Waals surface area contributed by atoms with Crippen LogP contribution in [0.2, 0.25) is 0 Å². The molecule has 29 heavy (non-hydrogen) atoms. The lowest BCUT2D eigenvalue weighted by atomic mass is 9.97. The number of likely N-dealkylation sites (tertiary alicyclic amines) is 1. The van der Waals surface area contributed by atoms with E-state index in [1.807, 2.05) is 18.2 Å². The molecule has 6 nitrogen and oxygen atoms in total. The Morgan fingerprint density at radius 1 is 1.17 bits per heavy atom. The fourth-order valence-corrected chi connectivity index (χ4v) is 4.44. The molecular weight excluding hydrogens is 395 g/mol. The highest BCUT2D eigenvalue weighted by atomic mass is 32.2. The first-order valence-corrected chi connectivity index (χ1v) is 11.0. The molecule has 0 spiro atoms. The van der Waals surface area contributed by atoms with Gasteiger partial charge in [0.15, 0.2) is 6.61 Å². The number of aryl methyl sites for hydroxylation is 1. The van der Waals surface area contributed by atoms with Gasteiger partial charge in [0.2, 0.25) is 10.0 Å². The van der Waals surface area contributed by atoms with Gasteiger partial charge >= 0.3 is 0 Å². The van der Waals surface area contributed by atoms with Crippen LogP contribution < -0.4 is 9.46 Å². The number of hydrogen-bond acceptors (Lipinski definition) is 4. The monoisotopic (exact) mass is 420 g/mol. The smallest absolute Gasteiger partial charge is 0.260 e. The molecule has 2 aromatic carbocycles. The number of halogens is 1. The van der Waals surface area contributed by atoms with E-state index in [0.717, 1.165) is 6.07 Å². The van der Waals surface area contributed by atoms with E-state index in [0.29, 0.717) is 38.2 Å². The predicted octanol–water partition coefficient (Wildman–Crippen LogP) is 2.73. The van der Waals surface area contributed by atoms with Gasteiger partial charge in [0.1, 0.15) is 11.6 Å². The van der Waals surface area contributed by atoms with E-state index in [1.54, 1.807) is 17.0 Å². The van der Waals surface area contributed by atoms with Gasteiger partial charge in [-0.15, -0.1) is 0 Å². The van der Waals surface area contributed by atoms with Crippen molar-refractivity contribution in [1.82, 2.24) is 9.62 Å². The first-order chi connectivity index (χ1) is 13.8. The summed E-state index contributed by atoms with van der Waals surface area (Å²) < 4.78 is 46.3. The number of nitrogens with one attached hydrogen (secondary N) is 1. The van der Waals surface area contributed by atoms with Crippen molar-refractivity contribution < 1.29 is 22.3 Å². The number of hydrogen-bond donors (Lipinski definition) is 1. The summed E-state index contributed by atoms with van der Waals surface area (Å²) in [5.74, 6) is 0.290. The molecule has 8 heteroatoms. The standard InChI is InChI=1S/C21H25FN2O4S/c1-16-13-19(7-8-20(16)22)29(26,27)23-14-17-9-11-24(12-10-17)21(25)15-28-18-5-3-2-4-6-18/h2-8,13,17,23H,9-12,14-15H2,1H3. The molecule has 1 N–H and O–H groups in total. The molecule has 1 fully saturated rings. The lowest BCUT2D eigenvalue weighted by molar-refractivity contribution is -0.134. The molecule has 0 bridgehead atoms. The SMILES string of the molecule is Cc1cc(S(=O)(=O)NCC2CCN(C(=O)COc3ccccc3)CC2)ccc1F. The van der Waals surface area contributed by atoms with Crippen molar-refractivity contribution in [2.75, 3.05) is 26.2 Å². The fourth-order valence-electron chi connectivity index (χ4n) is 3.23. The number of rotatable bonds is 7. The van der Waals surface area contributed by atoms with E-state index in [-0.39, 0.29) is 28.9 Å². The van der Waals surface area contributed by atoms with Crippen LogP contribution in [0.4, 0.5) is 4.39 Å². The predicted molar refractivity (Wildman–Crippen MR) is 108 cm³/mol. The average Bonchev–Trinajstić information content (AvgIpc) is 2.73. The topological polar surface area (TPSA) is 75.7 Å². The quantitative estimate of drug-likeness (QED) is 0.747. The Kier molecular flexibility index (Phi) is 6.87. The lowest BCUT2D eigenvalue weighted by Crippen LogP contribution is -2.43. The number of nitrogens with zero attached hydrogens (tertiary/aromatic N) is 1. The zero-order valence-electron chi connectivity index (χ0n) is 16.3. The van der Waals surface area contributed by atoms with E-state index >= 15 is 0 Å². The third kappa shape index (κ3) is 5.77. The van der Waals surface area contributed by atoms with E-state index in [1.165, 1.54) is 19.1 Å². The highest BCUT2D eigenvalue weighted by molar-refractivity contribution is 7.89. The van der Waals surface area contributed by atoms with E-state index in [9.17, 15) is 17.6 Å². The van der Waals surface area contributed by atoms with Crippen molar-refractivity contribution in [1.29, 1.82) is 0 Å². The molecule has 1 aliphatic heterocycles. The highest BCUT2D eigenvalue weighted by Gasteiger charge is 2.25. The number of amides is 1. The molecule has 0 saturated carbocycles. The van der Waals surface area contributed by atoms with Crippen LogP contribution in [-0.4, -0.2) is 45.5 Å². The molecule has 1 heterocycles. The summed E-state index contributed by atoms with van der Waals surface area (Å²) in [5, 5.41) is 0. The summed E-state index contributed by atoms with van der Waals surface area (Å²) in [4.78, 5) is 14.1.